The van der Waals surface area contributed by atoms with Crippen LogP contribution in [0.1, 0.15) is 56.3 Å². The van der Waals surface area contributed by atoms with E-state index in [4.69, 9.17) is 30.4 Å². The molecule has 2 atom stereocenters. The summed E-state index contributed by atoms with van der Waals surface area (Å²) < 4.78 is -0.0687. The number of carbonyl (C=O) groups is 1. The Balaban J connectivity index is 2.49. The normalized spacial score (nSPS) is 15.6. The summed E-state index contributed by atoms with van der Waals surface area (Å²) in [5, 5.41) is 8.84. The van der Waals surface area contributed by atoms with Crippen LogP contribution in [0.15, 0.2) is 30.3 Å². The van der Waals surface area contributed by atoms with Crippen LogP contribution in [0.4, 0.5) is 0 Å². The number of unbranched alkanes of at least 4 members (excludes halogenated alkanes) is 1. The van der Waals surface area contributed by atoms with E-state index in [9.17, 15) is 4.79 Å². The van der Waals surface area contributed by atoms with Crippen molar-refractivity contribution in [1.82, 2.24) is 0 Å². The number of benzene rings is 1. The average Bonchev–Trinajstić information content (AvgIpc) is 2.44. The van der Waals surface area contributed by atoms with Gasteiger partial charge in [0.25, 0.3) is 0 Å². The van der Waals surface area contributed by atoms with Crippen LogP contribution in [-0.4, -0.2) is 15.8 Å². The third-order valence-corrected chi connectivity index (χ3v) is 4.90. The molecule has 0 fully saturated rings. The Kier molecular flexibility index (Phi) is 7.52. The predicted molar refractivity (Wildman–Crippen MR) is 90.9 cm³/mol. The summed E-state index contributed by atoms with van der Waals surface area (Å²) in [6, 6.07) is 10.2. The van der Waals surface area contributed by atoms with E-state index < -0.39 is 5.97 Å². The molecule has 0 saturated carbocycles. The molecular weight excluding hydrogens is 288 g/mol. The van der Waals surface area contributed by atoms with Gasteiger partial charge in [-0.25, -0.2) is 0 Å². The second kappa shape index (κ2) is 8.63. The molecule has 0 aliphatic carbocycles. The number of hydrogen-bond acceptors (Lipinski definition) is 3. The van der Waals surface area contributed by atoms with E-state index in [-0.39, 0.29) is 16.4 Å². The summed E-state index contributed by atoms with van der Waals surface area (Å²) >= 11 is 9.54. The second-order valence-corrected chi connectivity index (χ2v) is 6.88. The number of thiol groups is 2. The van der Waals surface area contributed by atoms with Gasteiger partial charge in [-0.2, -0.15) is 25.3 Å². The van der Waals surface area contributed by atoms with E-state index in [0.29, 0.717) is 0 Å². The maximum Gasteiger partial charge on any atom is 0.303 e. The number of rotatable bonds is 9. The van der Waals surface area contributed by atoms with Gasteiger partial charge < -0.3 is 5.11 Å². The molecule has 2 unspecified atom stereocenters. The summed E-state index contributed by atoms with van der Waals surface area (Å²) in [6.45, 7) is 2.13. The monoisotopic (exact) mass is 312 g/mol. The molecule has 2 nitrogen and oxygen atoms in total. The molecule has 1 aromatic carbocycles. The zero-order chi connectivity index (χ0) is 15.0. The molecule has 0 amide bonds. The fourth-order valence-corrected chi connectivity index (χ4v) is 3.31. The van der Waals surface area contributed by atoms with Crippen LogP contribution < -0.4 is 0 Å². The number of aliphatic carboxylic acids is 1. The van der Waals surface area contributed by atoms with Gasteiger partial charge in [-0.15, -0.1) is 0 Å². The van der Waals surface area contributed by atoms with Gasteiger partial charge in [0.15, 0.2) is 0 Å². The van der Waals surface area contributed by atoms with Gasteiger partial charge in [0.05, 0.1) is 0 Å². The van der Waals surface area contributed by atoms with E-state index in [0.717, 1.165) is 32.1 Å². The quantitative estimate of drug-likeness (QED) is 0.454. The zero-order valence-corrected chi connectivity index (χ0v) is 13.7. The minimum absolute atomic E-state index is 0.0687. The van der Waals surface area contributed by atoms with Gasteiger partial charge in [0.1, 0.15) is 0 Å². The first-order valence-electron chi connectivity index (χ1n) is 7.14. The molecule has 0 radical (unpaired) electrons. The number of carboxylic acid groups (broad SMARTS) is 1. The van der Waals surface area contributed by atoms with Crippen LogP contribution in [0.3, 0.4) is 0 Å². The first kappa shape index (κ1) is 17.4. The van der Waals surface area contributed by atoms with Gasteiger partial charge in [0, 0.05) is 16.4 Å². The number of carboxylic acids is 1. The van der Waals surface area contributed by atoms with E-state index in [1.807, 2.05) is 18.2 Å². The summed E-state index contributed by atoms with van der Waals surface area (Å²) in [5.41, 5.74) is 1.22. The van der Waals surface area contributed by atoms with E-state index >= 15 is 0 Å². The average molecular weight is 312 g/mol. The Bertz CT molecular complexity index is 408. The third kappa shape index (κ3) is 6.23. The van der Waals surface area contributed by atoms with Gasteiger partial charge in [-0.1, -0.05) is 43.7 Å². The molecule has 112 valence electrons. The van der Waals surface area contributed by atoms with Crippen molar-refractivity contribution in [2.75, 3.05) is 0 Å². The highest BCUT2D eigenvalue weighted by Crippen LogP contribution is 2.38. The Morgan fingerprint density at radius 3 is 2.50 bits per heavy atom. The number of hydrogen-bond donors (Lipinski definition) is 3. The van der Waals surface area contributed by atoms with Crippen LogP contribution in [0.5, 0.6) is 0 Å². The zero-order valence-electron chi connectivity index (χ0n) is 12.0. The van der Waals surface area contributed by atoms with Crippen molar-refractivity contribution in [2.45, 2.75) is 55.4 Å². The van der Waals surface area contributed by atoms with E-state index in [2.05, 4.69) is 19.1 Å². The molecular formula is C16H24O2S2. The molecule has 1 N–H and O–H groups in total. The minimum Gasteiger partial charge on any atom is -0.481 e. The van der Waals surface area contributed by atoms with Gasteiger partial charge in [-0.3, -0.25) is 4.79 Å². The smallest absolute Gasteiger partial charge is 0.303 e. The molecule has 4 heteroatoms. The SMILES string of the molecule is CCC(S)(CCCCC(=O)O)CC(S)c1ccccc1. The highest BCUT2D eigenvalue weighted by Gasteiger charge is 2.26. The molecule has 0 aliphatic rings. The lowest BCUT2D eigenvalue weighted by Crippen LogP contribution is -2.22. The van der Waals surface area contributed by atoms with Crippen LogP contribution in [0.25, 0.3) is 0 Å². The fourth-order valence-electron chi connectivity index (χ4n) is 2.31. The standard InChI is InChI=1S/C16H24O2S2/c1-2-16(20,11-7-6-10-15(17)18)12-14(19)13-8-4-3-5-9-13/h3-5,8-9,14,19-20H,2,6-7,10-12H2,1H3,(H,17,18). The van der Waals surface area contributed by atoms with Crippen molar-refractivity contribution < 1.29 is 9.90 Å². The Morgan fingerprint density at radius 1 is 1.30 bits per heavy atom. The second-order valence-electron chi connectivity index (χ2n) is 5.31. The van der Waals surface area contributed by atoms with Crippen LogP contribution in [0, 0.1) is 0 Å². The molecule has 0 heterocycles. The molecule has 0 saturated heterocycles. The van der Waals surface area contributed by atoms with Crippen LogP contribution >= 0.6 is 25.3 Å². The topological polar surface area (TPSA) is 37.3 Å². The first-order valence-corrected chi connectivity index (χ1v) is 8.10. The molecule has 0 bridgehead atoms. The molecule has 1 rings (SSSR count). The Hall–Kier alpha value is -0.610. The Morgan fingerprint density at radius 2 is 1.95 bits per heavy atom. The van der Waals surface area contributed by atoms with Crippen molar-refractivity contribution in [3.8, 4) is 0 Å². The lowest BCUT2D eigenvalue weighted by Gasteiger charge is -2.30. The molecule has 0 aliphatic heterocycles. The van der Waals surface area contributed by atoms with Crippen LogP contribution in [0.2, 0.25) is 0 Å². The lowest BCUT2D eigenvalue weighted by atomic mass is 9.90. The summed E-state index contributed by atoms with van der Waals surface area (Å²) in [4.78, 5) is 10.5. The highest BCUT2D eigenvalue weighted by atomic mass is 32.1. The van der Waals surface area contributed by atoms with Crippen molar-refractivity contribution in [3.63, 3.8) is 0 Å². The highest BCUT2D eigenvalue weighted by molar-refractivity contribution is 7.82. The van der Waals surface area contributed by atoms with E-state index in [1.165, 1.54) is 5.56 Å². The van der Waals surface area contributed by atoms with Crippen molar-refractivity contribution in [2.24, 2.45) is 0 Å². The van der Waals surface area contributed by atoms with Crippen molar-refractivity contribution >= 4 is 31.2 Å². The van der Waals surface area contributed by atoms with Crippen molar-refractivity contribution in [3.05, 3.63) is 35.9 Å². The first-order chi connectivity index (χ1) is 9.47. The van der Waals surface area contributed by atoms with Crippen molar-refractivity contribution in [1.29, 1.82) is 0 Å². The third-order valence-electron chi connectivity index (χ3n) is 3.70. The summed E-state index contributed by atoms with van der Waals surface area (Å²) in [7, 11) is 0. The maximum absolute atomic E-state index is 10.5. The summed E-state index contributed by atoms with van der Waals surface area (Å²) in [5.74, 6) is -0.720. The molecule has 20 heavy (non-hydrogen) atoms. The van der Waals surface area contributed by atoms with Gasteiger partial charge >= 0.3 is 5.97 Å². The van der Waals surface area contributed by atoms with Gasteiger partial charge in [0.2, 0.25) is 0 Å². The summed E-state index contributed by atoms with van der Waals surface area (Å²) in [6.07, 6.45) is 4.67. The predicted octanol–water partition coefficient (Wildman–Crippen LogP) is 4.77. The lowest BCUT2D eigenvalue weighted by molar-refractivity contribution is -0.137. The molecule has 1 aromatic rings. The maximum atomic E-state index is 10.5. The Labute approximate surface area is 132 Å². The van der Waals surface area contributed by atoms with E-state index in [1.54, 1.807) is 0 Å². The fraction of sp³-hybridized carbons (Fsp3) is 0.562. The van der Waals surface area contributed by atoms with Gasteiger partial charge in [-0.05, 0) is 31.2 Å². The largest absolute Gasteiger partial charge is 0.481 e. The molecule has 0 aromatic heterocycles. The minimum atomic E-state index is -0.720. The molecule has 0 spiro atoms. The van der Waals surface area contributed by atoms with Crippen LogP contribution in [-0.2, 0) is 4.79 Å².